The highest BCUT2D eigenvalue weighted by molar-refractivity contribution is 6.33. The molecule has 22 heteroatoms. The first-order chi connectivity index (χ1) is 36.0. The molecule has 3 fully saturated rings. The van der Waals surface area contributed by atoms with Gasteiger partial charge in [0, 0.05) is 87.1 Å². The molecule has 2 atom stereocenters. The lowest BCUT2D eigenvalue weighted by Gasteiger charge is -2.52. The number of morpholine rings is 1. The Morgan fingerprint density at radius 3 is 1.79 bits per heavy atom. The summed E-state index contributed by atoms with van der Waals surface area (Å²) in [6.07, 6.45) is 6.35. The number of hydrogen-bond acceptors (Lipinski definition) is 16. The number of hydrogen-bond donors (Lipinski definition) is 4. The first-order valence-electron chi connectivity index (χ1n) is 25.5. The summed E-state index contributed by atoms with van der Waals surface area (Å²) in [7, 11) is 3.67. The van der Waals surface area contributed by atoms with E-state index < -0.39 is 0 Å². The van der Waals surface area contributed by atoms with E-state index in [1.165, 1.54) is 7.05 Å². The number of pyridine rings is 2. The van der Waals surface area contributed by atoms with Gasteiger partial charge in [0.2, 0.25) is 11.9 Å². The van der Waals surface area contributed by atoms with E-state index in [0.29, 0.717) is 93.7 Å². The highest BCUT2D eigenvalue weighted by Gasteiger charge is 2.43. The normalized spacial score (nSPS) is 17.6. The molecule has 4 N–H and O–H groups in total. The molecule has 2 amide bonds. The Morgan fingerprint density at radius 1 is 0.760 bits per heavy atom. The zero-order chi connectivity index (χ0) is 53.1. The van der Waals surface area contributed by atoms with Crippen molar-refractivity contribution < 1.29 is 23.8 Å². The Balaban J connectivity index is 0.791. The number of likely N-dealkylation sites (tertiary alicyclic amines) is 1. The molecule has 0 unspecified atom stereocenters. The van der Waals surface area contributed by atoms with Crippen molar-refractivity contribution in [3.63, 3.8) is 0 Å². The van der Waals surface area contributed by atoms with Crippen molar-refractivity contribution in [3.8, 4) is 11.5 Å². The molecule has 2 aromatic carbocycles. The molecule has 7 heterocycles. The van der Waals surface area contributed by atoms with E-state index in [1.807, 2.05) is 71.0 Å². The first kappa shape index (κ1) is 53.1. The molecule has 0 bridgehead atoms. The number of aromatic nitrogens is 6. The third kappa shape index (κ3) is 12.0. The van der Waals surface area contributed by atoms with Crippen LogP contribution in [0.2, 0.25) is 10.0 Å². The summed E-state index contributed by atoms with van der Waals surface area (Å²) in [6, 6.07) is 14.2. The Kier molecular flexibility index (Phi) is 16.0. The third-order valence-electron chi connectivity index (χ3n) is 14.0. The molecule has 398 valence electrons. The van der Waals surface area contributed by atoms with Crippen LogP contribution in [0.1, 0.15) is 72.4 Å². The lowest BCUT2D eigenvalue weighted by Crippen LogP contribution is -2.58. The van der Waals surface area contributed by atoms with Crippen LogP contribution in [-0.2, 0) is 14.3 Å². The maximum Gasteiger partial charge on any atom is 0.293 e. The van der Waals surface area contributed by atoms with Crippen LogP contribution < -0.4 is 51.7 Å². The number of carbonyl (C=O) groups is 2. The van der Waals surface area contributed by atoms with Gasteiger partial charge in [0.1, 0.15) is 10.0 Å². The number of anilines is 6. The van der Waals surface area contributed by atoms with Gasteiger partial charge >= 0.3 is 0 Å². The molecular formula is C53H65Cl2N13O7. The van der Waals surface area contributed by atoms with Crippen LogP contribution in [0.5, 0.6) is 11.5 Å². The molecule has 3 aliphatic rings. The number of piperidine rings is 1. The molecule has 3 saturated heterocycles. The third-order valence-corrected chi connectivity index (χ3v) is 14.5. The van der Waals surface area contributed by atoms with E-state index in [0.717, 1.165) is 49.9 Å². The molecule has 0 saturated carbocycles. The summed E-state index contributed by atoms with van der Waals surface area (Å²) < 4.78 is 21.1. The topological polar surface area (TPSA) is 215 Å². The summed E-state index contributed by atoms with van der Waals surface area (Å²) in [5.41, 5.74) is 2.54. The van der Waals surface area contributed by atoms with Gasteiger partial charge in [-0.3, -0.25) is 19.2 Å². The number of benzene rings is 2. The van der Waals surface area contributed by atoms with Crippen LogP contribution in [0.4, 0.5) is 34.9 Å². The van der Waals surface area contributed by atoms with E-state index in [-0.39, 0.29) is 71.9 Å². The maximum absolute atomic E-state index is 13.8. The molecular weight excluding hydrogens is 1000 g/mol. The largest absolute Gasteiger partial charge is 0.478 e. The van der Waals surface area contributed by atoms with Crippen molar-refractivity contribution in [2.24, 2.45) is 5.41 Å². The number of fused-ring (bicyclic) bond motifs is 2. The van der Waals surface area contributed by atoms with Crippen molar-refractivity contribution >= 4 is 91.7 Å². The minimum Gasteiger partial charge on any atom is -0.478 e. The fourth-order valence-corrected chi connectivity index (χ4v) is 10.7. The monoisotopic (exact) mass is 1070 g/mol. The van der Waals surface area contributed by atoms with Crippen molar-refractivity contribution in [2.75, 3.05) is 93.6 Å². The van der Waals surface area contributed by atoms with Crippen molar-refractivity contribution in [3.05, 3.63) is 91.7 Å². The van der Waals surface area contributed by atoms with E-state index in [9.17, 15) is 19.2 Å². The van der Waals surface area contributed by atoms with E-state index in [2.05, 4.69) is 53.0 Å². The van der Waals surface area contributed by atoms with Crippen LogP contribution in [0.25, 0.3) is 21.8 Å². The number of rotatable bonds is 18. The van der Waals surface area contributed by atoms with Crippen molar-refractivity contribution in [2.45, 2.75) is 84.6 Å². The Labute approximate surface area is 445 Å². The Hall–Kier alpha value is -6.74. The molecule has 0 aliphatic carbocycles. The van der Waals surface area contributed by atoms with Gasteiger partial charge in [-0.15, -0.1) is 0 Å². The minimum atomic E-state index is -0.358. The molecule has 20 nitrogen and oxygen atoms in total. The zero-order valence-corrected chi connectivity index (χ0v) is 44.9. The number of nitrogens with zero attached hydrogens (tertiary/aromatic N) is 9. The second kappa shape index (κ2) is 22.6. The number of halogens is 2. The predicted octanol–water partition coefficient (Wildman–Crippen LogP) is 7.08. The van der Waals surface area contributed by atoms with Gasteiger partial charge in [-0.1, -0.05) is 23.2 Å². The fraction of sp³-hybridized carbons (Fsp3) is 0.472. The number of nitrogens with one attached hydrogen (secondary N) is 4. The van der Waals surface area contributed by atoms with Crippen LogP contribution in [0.3, 0.4) is 0 Å². The van der Waals surface area contributed by atoms with Crippen molar-refractivity contribution in [1.82, 2.24) is 44.6 Å². The maximum atomic E-state index is 13.8. The lowest BCUT2D eigenvalue weighted by atomic mass is 9.72. The van der Waals surface area contributed by atoms with E-state index in [4.69, 9.17) is 47.4 Å². The van der Waals surface area contributed by atoms with Crippen LogP contribution >= 0.6 is 23.2 Å². The average Bonchev–Trinajstić information content (AvgIpc) is 3.37. The molecule has 1 spiro atoms. The molecule has 75 heavy (non-hydrogen) atoms. The van der Waals surface area contributed by atoms with Crippen LogP contribution in [0.15, 0.2) is 70.5 Å². The molecule has 3 aliphatic heterocycles. The summed E-state index contributed by atoms with van der Waals surface area (Å²) in [5, 5.41) is 14.3. The van der Waals surface area contributed by atoms with Gasteiger partial charge in [-0.2, -0.15) is 9.97 Å². The van der Waals surface area contributed by atoms with Gasteiger partial charge in [-0.25, -0.2) is 9.97 Å². The summed E-state index contributed by atoms with van der Waals surface area (Å²) in [6.45, 7) is 14.5. The van der Waals surface area contributed by atoms with Gasteiger partial charge < -0.3 is 59.3 Å². The van der Waals surface area contributed by atoms with Gasteiger partial charge in [-0.05, 0) is 121 Å². The SMILES string of the molecule is CNC(=O)COc1cc2cc(Nc3nc(N4C[C@@H](CCCNC(=O)COc5cc6cc(Nc7nc(N8CCC9(CC8)CN(C)C9)ncc7Cl)ccc6n(C(C)C)c5=O)O[C@@H](C)C4)ncc3Cl)ccc2n(C(C)C)c1=O. The number of carbonyl (C=O) groups excluding carboxylic acids is 2. The van der Waals surface area contributed by atoms with E-state index in [1.54, 1.807) is 33.7 Å². The average molecular weight is 1070 g/mol. The highest BCUT2D eigenvalue weighted by Crippen LogP contribution is 2.40. The molecule has 4 aromatic heterocycles. The first-order valence-corrected chi connectivity index (χ1v) is 26.3. The number of amides is 2. The fourth-order valence-electron chi connectivity index (χ4n) is 10.4. The highest BCUT2D eigenvalue weighted by atomic mass is 35.5. The zero-order valence-electron chi connectivity index (χ0n) is 43.4. The second-order valence-electron chi connectivity index (χ2n) is 20.5. The lowest BCUT2D eigenvalue weighted by molar-refractivity contribution is -0.123. The van der Waals surface area contributed by atoms with Gasteiger partial charge in [0.05, 0.1) is 35.6 Å². The Bertz CT molecular complexity index is 3210. The number of likely N-dealkylation sites (N-methyl/N-ethyl adjacent to an activating group) is 1. The minimum absolute atomic E-state index is 0.0639. The number of ether oxygens (including phenoxy) is 3. The Morgan fingerprint density at radius 2 is 1.28 bits per heavy atom. The van der Waals surface area contributed by atoms with Crippen LogP contribution in [0, 0.1) is 5.41 Å². The van der Waals surface area contributed by atoms with Gasteiger partial charge in [0.15, 0.2) is 36.3 Å². The van der Waals surface area contributed by atoms with Gasteiger partial charge in [0.25, 0.3) is 22.9 Å². The quantitative estimate of drug-likeness (QED) is 0.0633. The molecule has 9 rings (SSSR count). The van der Waals surface area contributed by atoms with E-state index >= 15 is 0 Å². The predicted molar refractivity (Wildman–Crippen MR) is 293 cm³/mol. The molecule has 6 aromatic rings. The molecule has 0 radical (unpaired) electrons. The smallest absolute Gasteiger partial charge is 0.293 e. The standard InChI is InChI=1S/C53H65Cl2N13O7/c1-31(2)67-41-13-11-37(19-34(41)21-43(49(67)71)73-27-45(69)56-6)61-48-40(55)24-59-52(63-48)66-25-33(5)75-38(26-66)9-8-16-57-46(70)28-74-44-22-35-20-36(10-12-42(35)68(32(3)4)50(44)72)60-47-39(54)23-58-51(62-47)65-17-14-53(15-18-65)29-64(7)30-53/h10-13,19-24,31-33,38H,8-9,14-18,25-30H2,1-7H3,(H,56,69)(H,57,70)(H,58,60,62)(H,59,61,63)/t33-,38+/m0/s1. The summed E-state index contributed by atoms with van der Waals surface area (Å²) in [4.78, 5) is 77.5. The summed E-state index contributed by atoms with van der Waals surface area (Å²) >= 11 is 13.3. The second-order valence-corrected chi connectivity index (χ2v) is 21.3. The van der Waals surface area contributed by atoms with Crippen molar-refractivity contribution in [1.29, 1.82) is 0 Å². The summed E-state index contributed by atoms with van der Waals surface area (Å²) in [5.74, 6) is 1.40. The van der Waals surface area contributed by atoms with Crippen LogP contribution in [-0.4, -0.2) is 131 Å².